The van der Waals surface area contributed by atoms with Gasteiger partial charge < -0.3 is 9.47 Å². The Morgan fingerprint density at radius 3 is 3.32 bits per heavy atom. The van der Waals surface area contributed by atoms with Crippen LogP contribution >= 0.6 is 11.3 Å². The van der Waals surface area contributed by atoms with Gasteiger partial charge in [-0.3, -0.25) is 4.90 Å². The molecule has 0 aliphatic carbocycles. The third kappa shape index (κ3) is 2.51. The molecule has 2 aromatic heterocycles. The molecule has 0 N–H and O–H groups in total. The summed E-state index contributed by atoms with van der Waals surface area (Å²) in [5.41, 5.74) is 1.85. The number of morpholine rings is 1. The summed E-state index contributed by atoms with van der Waals surface area (Å²) >= 11 is 1.66. The first-order valence-electron chi connectivity index (χ1n) is 7.65. The van der Waals surface area contributed by atoms with E-state index < -0.39 is 0 Å². The predicted molar refractivity (Wildman–Crippen MR) is 85.2 cm³/mol. The van der Waals surface area contributed by atoms with Crippen LogP contribution in [0.3, 0.4) is 0 Å². The Hall–Kier alpha value is -1.50. The monoisotopic (exact) mass is 317 g/mol. The maximum absolute atomic E-state index is 6.04. The summed E-state index contributed by atoms with van der Waals surface area (Å²) in [6.07, 6.45) is 4.38. The van der Waals surface area contributed by atoms with Gasteiger partial charge in [0.05, 0.1) is 25.0 Å². The van der Waals surface area contributed by atoms with E-state index in [1.807, 2.05) is 12.1 Å². The number of methoxy groups -OCH3 is 1. The number of pyridine rings is 1. The molecule has 0 spiro atoms. The van der Waals surface area contributed by atoms with Gasteiger partial charge in [-0.15, -0.1) is 11.3 Å². The molecule has 2 aromatic rings. The van der Waals surface area contributed by atoms with E-state index in [-0.39, 0.29) is 6.10 Å². The van der Waals surface area contributed by atoms with Gasteiger partial charge in [0, 0.05) is 24.2 Å². The van der Waals surface area contributed by atoms with E-state index in [1.165, 1.54) is 19.4 Å². The van der Waals surface area contributed by atoms with Crippen molar-refractivity contribution < 1.29 is 9.47 Å². The lowest BCUT2D eigenvalue weighted by molar-refractivity contribution is -0.0502. The SMILES string of the molecule is COc1ncccc1-c1csc([C@@H]2CN3CCC[C@@H]3CO2)n1. The normalized spacial score (nSPS) is 25.1. The van der Waals surface area contributed by atoms with Crippen molar-refractivity contribution in [3.05, 3.63) is 28.7 Å². The summed E-state index contributed by atoms with van der Waals surface area (Å²) in [6.45, 7) is 2.98. The number of aromatic nitrogens is 2. The molecule has 2 aliphatic heterocycles. The first-order chi connectivity index (χ1) is 10.8. The Morgan fingerprint density at radius 1 is 1.45 bits per heavy atom. The molecule has 4 heterocycles. The molecule has 0 bridgehead atoms. The highest BCUT2D eigenvalue weighted by atomic mass is 32.1. The van der Waals surface area contributed by atoms with E-state index in [0.29, 0.717) is 11.9 Å². The van der Waals surface area contributed by atoms with Crippen LogP contribution in [0.1, 0.15) is 24.0 Å². The maximum Gasteiger partial charge on any atom is 0.222 e. The zero-order valence-corrected chi connectivity index (χ0v) is 13.4. The highest BCUT2D eigenvalue weighted by Crippen LogP contribution is 2.34. The molecule has 2 saturated heterocycles. The number of rotatable bonds is 3. The molecule has 2 aliphatic rings. The number of thiazole rings is 1. The molecule has 0 amide bonds. The summed E-state index contributed by atoms with van der Waals surface area (Å²) in [5.74, 6) is 0.614. The van der Waals surface area contributed by atoms with Crippen molar-refractivity contribution in [3.8, 4) is 17.1 Å². The lowest BCUT2D eigenvalue weighted by Gasteiger charge is -2.34. The van der Waals surface area contributed by atoms with Crippen LogP contribution in [0, 0.1) is 0 Å². The summed E-state index contributed by atoms with van der Waals surface area (Å²) in [6, 6.07) is 4.51. The molecule has 0 radical (unpaired) electrons. The Kier molecular flexibility index (Phi) is 3.82. The number of hydrogen-bond donors (Lipinski definition) is 0. The quantitative estimate of drug-likeness (QED) is 0.871. The first-order valence-corrected chi connectivity index (χ1v) is 8.53. The Labute approximate surface area is 133 Å². The molecule has 2 atom stereocenters. The van der Waals surface area contributed by atoms with Crippen LogP contribution in [0.4, 0.5) is 0 Å². The third-order valence-electron chi connectivity index (χ3n) is 4.43. The first kappa shape index (κ1) is 14.1. The zero-order chi connectivity index (χ0) is 14.9. The van der Waals surface area contributed by atoms with E-state index in [2.05, 4.69) is 15.3 Å². The molecule has 4 rings (SSSR count). The molecular weight excluding hydrogens is 298 g/mol. The molecular formula is C16H19N3O2S. The van der Waals surface area contributed by atoms with Crippen molar-refractivity contribution in [2.45, 2.75) is 25.0 Å². The van der Waals surface area contributed by atoms with Gasteiger partial charge in [-0.2, -0.15) is 0 Å². The minimum Gasteiger partial charge on any atom is -0.481 e. The van der Waals surface area contributed by atoms with Crippen molar-refractivity contribution in [1.29, 1.82) is 0 Å². The molecule has 5 nitrogen and oxygen atoms in total. The van der Waals surface area contributed by atoms with Crippen molar-refractivity contribution in [2.24, 2.45) is 0 Å². The van der Waals surface area contributed by atoms with Crippen LogP contribution in [0.2, 0.25) is 0 Å². The molecule has 0 unspecified atom stereocenters. The molecule has 2 fully saturated rings. The van der Waals surface area contributed by atoms with Crippen LogP contribution in [-0.2, 0) is 4.74 Å². The fourth-order valence-electron chi connectivity index (χ4n) is 3.27. The van der Waals surface area contributed by atoms with Gasteiger partial charge in [0.15, 0.2) is 0 Å². The Balaban J connectivity index is 1.56. The van der Waals surface area contributed by atoms with Crippen molar-refractivity contribution in [1.82, 2.24) is 14.9 Å². The number of ether oxygens (including phenoxy) is 2. The van der Waals surface area contributed by atoms with Crippen molar-refractivity contribution in [3.63, 3.8) is 0 Å². The topological polar surface area (TPSA) is 47.5 Å². The fraction of sp³-hybridized carbons (Fsp3) is 0.500. The van der Waals surface area contributed by atoms with E-state index in [1.54, 1.807) is 24.6 Å². The van der Waals surface area contributed by atoms with Crippen molar-refractivity contribution >= 4 is 11.3 Å². The van der Waals surface area contributed by atoms with Crippen LogP contribution in [0.25, 0.3) is 11.3 Å². The van der Waals surface area contributed by atoms with Gasteiger partial charge in [-0.1, -0.05) is 0 Å². The second-order valence-corrected chi connectivity index (χ2v) is 6.63. The lowest BCUT2D eigenvalue weighted by atomic mass is 10.2. The molecule has 116 valence electrons. The van der Waals surface area contributed by atoms with Gasteiger partial charge in [0.2, 0.25) is 5.88 Å². The molecule has 0 saturated carbocycles. The summed E-state index contributed by atoms with van der Waals surface area (Å²) < 4.78 is 11.4. The average molecular weight is 317 g/mol. The van der Waals surface area contributed by atoms with Crippen LogP contribution in [-0.4, -0.2) is 47.7 Å². The molecule has 22 heavy (non-hydrogen) atoms. The van der Waals surface area contributed by atoms with Gasteiger partial charge in [0.1, 0.15) is 11.1 Å². The average Bonchev–Trinajstić information content (AvgIpc) is 3.23. The smallest absolute Gasteiger partial charge is 0.222 e. The van der Waals surface area contributed by atoms with E-state index in [0.717, 1.165) is 29.4 Å². The van der Waals surface area contributed by atoms with E-state index >= 15 is 0 Å². The van der Waals surface area contributed by atoms with E-state index in [9.17, 15) is 0 Å². The van der Waals surface area contributed by atoms with Crippen LogP contribution < -0.4 is 4.74 Å². The van der Waals surface area contributed by atoms with Crippen LogP contribution in [0.15, 0.2) is 23.7 Å². The largest absolute Gasteiger partial charge is 0.481 e. The van der Waals surface area contributed by atoms with E-state index in [4.69, 9.17) is 14.5 Å². The zero-order valence-electron chi connectivity index (χ0n) is 12.6. The van der Waals surface area contributed by atoms with Crippen LogP contribution in [0.5, 0.6) is 5.88 Å². The Morgan fingerprint density at radius 2 is 2.41 bits per heavy atom. The summed E-state index contributed by atoms with van der Waals surface area (Å²) in [4.78, 5) is 11.6. The minimum atomic E-state index is 0.0933. The predicted octanol–water partition coefficient (Wildman–Crippen LogP) is 2.75. The second-order valence-electron chi connectivity index (χ2n) is 5.74. The standard InChI is InChI=1S/C16H19N3O2S/c1-20-15-12(5-2-6-17-15)13-10-22-16(18-13)14-8-19-7-3-4-11(19)9-21-14/h2,5-6,10-11,14H,3-4,7-9H2,1H3/t11-,14+/m1/s1. The van der Waals surface area contributed by atoms with Gasteiger partial charge in [0.25, 0.3) is 0 Å². The number of nitrogens with zero attached hydrogens (tertiary/aromatic N) is 3. The van der Waals surface area contributed by atoms with Crippen molar-refractivity contribution in [2.75, 3.05) is 26.8 Å². The summed E-state index contributed by atoms with van der Waals surface area (Å²) in [5, 5.41) is 3.11. The Bertz CT molecular complexity index is 660. The second kappa shape index (κ2) is 5.95. The molecule has 6 heteroatoms. The lowest BCUT2D eigenvalue weighted by Crippen LogP contribution is -2.42. The maximum atomic E-state index is 6.04. The number of fused-ring (bicyclic) bond motifs is 1. The van der Waals surface area contributed by atoms with Gasteiger partial charge in [-0.05, 0) is 31.5 Å². The van der Waals surface area contributed by atoms with Gasteiger partial charge in [-0.25, -0.2) is 9.97 Å². The highest BCUT2D eigenvalue weighted by molar-refractivity contribution is 7.10. The minimum absolute atomic E-state index is 0.0933. The highest BCUT2D eigenvalue weighted by Gasteiger charge is 2.34. The molecule has 0 aromatic carbocycles. The number of hydrogen-bond acceptors (Lipinski definition) is 6. The fourth-order valence-corrected chi connectivity index (χ4v) is 4.13. The van der Waals surface area contributed by atoms with Gasteiger partial charge >= 0.3 is 0 Å². The third-order valence-corrected chi connectivity index (χ3v) is 5.36. The summed E-state index contributed by atoms with van der Waals surface area (Å²) in [7, 11) is 1.64.